The Kier molecular flexibility index (Phi) is 5.61. The maximum Gasteiger partial charge on any atom is 0.175 e. The van der Waals surface area contributed by atoms with Gasteiger partial charge in [0.05, 0.1) is 4.90 Å². The van der Waals surface area contributed by atoms with E-state index in [4.69, 9.17) is 5.73 Å². The van der Waals surface area contributed by atoms with E-state index in [9.17, 15) is 8.42 Å². The zero-order valence-corrected chi connectivity index (χ0v) is 16.2. The van der Waals surface area contributed by atoms with Crippen molar-refractivity contribution >= 4 is 21.0 Å². The van der Waals surface area contributed by atoms with E-state index in [0.29, 0.717) is 11.4 Å². The molecule has 26 heavy (non-hydrogen) atoms. The van der Waals surface area contributed by atoms with Gasteiger partial charge in [0.25, 0.3) is 0 Å². The molecule has 0 atom stereocenters. The van der Waals surface area contributed by atoms with Gasteiger partial charge in [0.2, 0.25) is 0 Å². The van der Waals surface area contributed by atoms with Crippen LogP contribution in [0, 0.1) is 0 Å². The standard InChI is InChI=1S/C21H26N2O2S/c1-3-12-23-14-20(17-6-4-16(13-22)5-7-17)21(15-23)18-8-10-19(11-9-18)26(2,24)25/h4-11H,3,12-15,22H2,1-2H3. The summed E-state index contributed by atoms with van der Waals surface area (Å²) >= 11 is 0. The Bertz CT molecular complexity index is 898. The van der Waals surface area contributed by atoms with Gasteiger partial charge in [-0.3, -0.25) is 4.90 Å². The number of sulfone groups is 1. The first-order chi connectivity index (χ1) is 12.4. The minimum absolute atomic E-state index is 0.360. The predicted octanol–water partition coefficient (Wildman–Crippen LogP) is 3.19. The van der Waals surface area contributed by atoms with Crippen molar-refractivity contribution in [2.75, 3.05) is 25.9 Å². The van der Waals surface area contributed by atoms with Gasteiger partial charge in [-0.05, 0) is 52.9 Å². The molecule has 2 N–H and O–H groups in total. The molecular formula is C21H26N2O2S. The van der Waals surface area contributed by atoms with Crippen molar-refractivity contribution in [1.82, 2.24) is 4.90 Å². The summed E-state index contributed by atoms with van der Waals surface area (Å²) in [6.45, 7) is 5.59. The highest BCUT2D eigenvalue weighted by Gasteiger charge is 2.23. The largest absolute Gasteiger partial charge is 0.326 e. The van der Waals surface area contributed by atoms with Gasteiger partial charge in [-0.15, -0.1) is 0 Å². The lowest BCUT2D eigenvalue weighted by molar-refractivity contribution is 0.359. The Hall–Kier alpha value is -1.95. The molecule has 138 valence electrons. The van der Waals surface area contributed by atoms with E-state index in [2.05, 4.69) is 36.1 Å². The van der Waals surface area contributed by atoms with Crippen LogP contribution in [-0.2, 0) is 16.4 Å². The lowest BCUT2D eigenvalue weighted by atomic mass is 9.96. The topological polar surface area (TPSA) is 63.4 Å². The first-order valence-electron chi connectivity index (χ1n) is 8.96. The quantitative estimate of drug-likeness (QED) is 0.848. The van der Waals surface area contributed by atoms with Crippen LogP contribution in [0.2, 0.25) is 0 Å². The van der Waals surface area contributed by atoms with Crippen molar-refractivity contribution in [3.8, 4) is 0 Å². The molecule has 2 aromatic carbocycles. The molecule has 4 nitrogen and oxygen atoms in total. The molecule has 5 heteroatoms. The molecule has 1 heterocycles. The van der Waals surface area contributed by atoms with E-state index in [1.807, 2.05) is 12.1 Å². The van der Waals surface area contributed by atoms with E-state index in [1.165, 1.54) is 23.0 Å². The Morgan fingerprint density at radius 2 is 1.42 bits per heavy atom. The van der Waals surface area contributed by atoms with Crippen LogP contribution in [0.3, 0.4) is 0 Å². The summed E-state index contributed by atoms with van der Waals surface area (Å²) in [7, 11) is -3.17. The second-order valence-electron chi connectivity index (χ2n) is 6.87. The number of hydrogen-bond donors (Lipinski definition) is 1. The predicted molar refractivity (Wildman–Crippen MR) is 107 cm³/mol. The van der Waals surface area contributed by atoms with E-state index in [0.717, 1.165) is 37.2 Å². The molecule has 0 radical (unpaired) electrons. The molecule has 2 aromatic rings. The molecule has 0 fully saturated rings. The van der Waals surface area contributed by atoms with Crippen molar-refractivity contribution in [1.29, 1.82) is 0 Å². The van der Waals surface area contributed by atoms with Crippen molar-refractivity contribution in [3.05, 3.63) is 65.2 Å². The van der Waals surface area contributed by atoms with Crippen LogP contribution in [0.1, 0.15) is 30.0 Å². The van der Waals surface area contributed by atoms with Crippen molar-refractivity contribution in [2.45, 2.75) is 24.8 Å². The summed E-state index contributed by atoms with van der Waals surface area (Å²) in [5.41, 5.74) is 11.7. The third kappa shape index (κ3) is 4.06. The zero-order valence-electron chi connectivity index (χ0n) is 15.4. The van der Waals surface area contributed by atoms with Crippen molar-refractivity contribution in [2.24, 2.45) is 5.73 Å². The second kappa shape index (κ2) is 7.74. The van der Waals surface area contributed by atoms with Crippen LogP contribution in [0.25, 0.3) is 11.1 Å². The van der Waals surface area contributed by atoms with Crippen LogP contribution in [0.5, 0.6) is 0 Å². The fourth-order valence-electron chi connectivity index (χ4n) is 3.44. The number of rotatable bonds is 6. The molecule has 0 aromatic heterocycles. The molecule has 1 aliphatic rings. The van der Waals surface area contributed by atoms with E-state index < -0.39 is 9.84 Å². The molecule has 0 unspecified atom stereocenters. The molecule has 0 amide bonds. The van der Waals surface area contributed by atoms with E-state index >= 15 is 0 Å². The molecule has 0 bridgehead atoms. The normalized spacial score (nSPS) is 15.7. The average Bonchev–Trinajstić information content (AvgIpc) is 3.05. The van der Waals surface area contributed by atoms with Crippen LogP contribution in [0.15, 0.2) is 53.4 Å². The maximum absolute atomic E-state index is 11.7. The lowest BCUT2D eigenvalue weighted by Gasteiger charge is -2.14. The molecule has 0 spiro atoms. The minimum Gasteiger partial charge on any atom is -0.326 e. The average molecular weight is 371 g/mol. The van der Waals surface area contributed by atoms with Gasteiger partial charge in [-0.1, -0.05) is 43.3 Å². The van der Waals surface area contributed by atoms with Crippen LogP contribution in [-0.4, -0.2) is 39.2 Å². The minimum atomic E-state index is -3.17. The SMILES string of the molecule is CCCN1CC(c2ccc(CN)cc2)=C(c2ccc(S(C)(=O)=O)cc2)C1. The summed E-state index contributed by atoms with van der Waals surface area (Å²) in [5, 5.41) is 0. The van der Waals surface area contributed by atoms with E-state index in [1.54, 1.807) is 12.1 Å². The van der Waals surface area contributed by atoms with Gasteiger partial charge >= 0.3 is 0 Å². The molecule has 0 saturated heterocycles. The molecule has 0 saturated carbocycles. The molecular weight excluding hydrogens is 344 g/mol. The van der Waals surface area contributed by atoms with Crippen LogP contribution in [0.4, 0.5) is 0 Å². The van der Waals surface area contributed by atoms with Gasteiger partial charge in [-0.2, -0.15) is 0 Å². The number of nitrogens with two attached hydrogens (primary N) is 1. The fraction of sp³-hybridized carbons (Fsp3) is 0.333. The number of benzene rings is 2. The maximum atomic E-state index is 11.7. The first-order valence-corrected chi connectivity index (χ1v) is 10.9. The molecule has 1 aliphatic heterocycles. The highest BCUT2D eigenvalue weighted by atomic mass is 32.2. The molecule has 0 aliphatic carbocycles. The monoisotopic (exact) mass is 370 g/mol. The van der Waals surface area contributed by atoms with Gasteiger partial charge in [-0.25, -0.2) is 8.42 Å². The molecule has 3 rings (SSSR count). The second-order valence-corrected chi connectivity index (χ2v) is 8.88. The Morgan fingerprint density at radius 1 is 0.923 bits per heavy atom. The Morgan fingerprint density at radius 3 is 1.85 bits per heavy atom. The van der Waals surface area contributed by atoms with Gasteiger partial charge in [0.15, 0.2) is 9.84 Å². The number of hydrogen-bond acceptors (Lipinski definition) is 4. The van der Waals surface area contributed by atoms with Crippen molar-refractivity contribution < 1.29 is 8.42 Å². The van der Waals surface area contributed by atoms with Crippen LogP contribution < -0.4 is 5.73 Å². The third-order valence-electron chi connectivity index (χ3n) is 4.84. The Balaban J connectivity index is 2.00. The van der Waals surface area contributed by atoms with Gasteiger partial charge in [0.1, 0.15) is 0 Å². The van der Waals surface area contributed by atoms with E-state index in [-0.39, 0.29) is 0 Å². The summed E-state index contributed by atoms with van der Waals surface area (Å²) < 4.78 is 23.4. The van der Waals surface area contributed by atoms with Gasteiger partial charge in [0, 0.05) is 25.9 Å². The highest BCUT2D eigenvalue weighted by Crippen LogP contribution is 2.34. The summed E-state index contributed by atoms with van der Waals surface area (Å²) in [6.07, 6.45) is 2.35. The fourth-order valence-corrected chi connectivity index (χ4v) is 4.08. The van der Waals surface area contributed by atoms with Crippen molar-refractivity contribution in [3.63, 3.8) is 0 Å². The Labute approximate surface area is 156 Å². The van der Waals surface area contributed by atoms with Gasteiger partial charge < -0.3 is 5.73 Å². The first kappa shape index (κ1) is 18.8. The summed E-state index contributed by atoms with van der Waals surface area (Å²) in [5.74, 6) is 0. The summed E-state index contributed by atoms with van der Waals surface area (Å²) in [4.78, 5) is 2.80. The smallest absolute Gasteiger partial charge is 0.175 e. The highest BCUT2D eigenvalue weighted by molar-refractivity contribution is 7.90. The lowest BCUT2D eigenvalue weighted by Crippen LogP contribution is -2.22. The third-order valence-corrected chi connectivity index (χ3v) is 5.97. The number of nitrogens with zero attached hydrogens (tertiary/aromatic N) is 1. The summed E-state index contributed by atoms with van der Waals surface area (Å²) in [6, 6.07) is 15.7. The van der Waals surface area contributed by atoms with Crippen LogP contribution >= 0.6 is 0 Å². The zero-order chi connectivity index (χ0) is 18.7.